The molecule has 2 fully saturated rings. The van der Waals surface area contributed by atoms with Gasteiger partial charge in [0, 0.05) is 39.3 Å². The summed E-state index contributed by atoms with van der Waals surface area (Å²) in [6, 6.07) is 16.6. The molecule has 5 rings (SSSR count). The van der Waals surface area contributed by atoms with Crippen molar-refractivity contribution >= 4 is 0 Å². The van der Waals surface area contributed by atoms with Crippen molar-refractivity contribution < 1.29 is 9.47 Å². The van der Waals surface area contributed by atoms with Gasteiger partial charge in [0.1, 0.15) is 6.61 Å². The van der Waals surface area contributed by atoms with E-state index in [2.05, 4.69) is 46.2 Å². The minimum absolute atomic E-state index is 0.553. The first-order chi connectivity index (χ1) is 15.3. The topological polar surface area (TPSA) is 24.9 Å². The number of benzene rings is 2. The van der Waals surface area contributed by atoms with E-state index in [0.717, 1.165) is 54.5 Å². The van der Waals surface area contributed by atoms with Crippen LogP contribution in [0.2, 0.25) is 0 Å². The Hall–Kier alpha value is -2.30. The molecule has 3 atom stereocenters. The molecular weight excluding hydrogens is 384 g/mol. The fourth-order valence-corrected chi connectivity index (χ4v) is 5.49. The summed E-state index contributed by atoms with van der Waals surface area (Å²) in [5.74, 6) is 4.25. The average Bonchev–Trinajstić information content (AvgIpc) is 3.43. The molecule has 1 saturated heterocycles. The molecule has 2 aromatic carbocycles. The highest BCUT2D eigenvalue weighted by molar-refractivity contribution is 5.43. The third-order valence-corrected chi connectivity index (χ3v) is 7.25. The fraction of sp³-hybridized carbons (Fsp3) is 0.481. The zero-order valence-electron chi connectivity index (χ0n) is 18.6. The van der Waals surface area contributed by atoms with Crippen molar-refractivity contribution in [3.05, 3.63) is 71.8 Å². The largest absolute Gasteiger partial charge is 0.493 e. The highest BCUT2D eigenvalue weighted by Gasteiger charge is 2.36. The Labute approximate surface area is 186 Å². The van der Waals surface area contributed by atoms with E-state index >= 15 is 0 Å². The first-order valence-corrected chi connectivity index (χ1v) is 11.7. The minimum atomic E-state index is 0.553. The zero-order valence-corrected chi connectivity index (χ0v) is 18.6. The van der Waals surface area contributed by atoms with E-state index in [0.29, 0.717) is 6.61 Å². The fourth-order valence-electron chi connectivity index (χ4n) is 5.49. The molecule has 4 nitrogen and oxygen atoms in total. The third kappa shape index (κ3) is 4.97. The normalized spacial score (nSPS) is 25.8. The first-order valence-electron chi connectivity index (χ1n) is 11.7. The molecule has 0 spiro atoms. The second-order valence-corrected chi connectivity index (χ2v) is 9.38. The molecular formula is C27H34N2O2. The highest BCUT2D eigenvalue weighted by Crippen LogP contribution is 2.43. The predicted octanol–water partition coefficient (Wildman–Crippen LogP) is 4.60. The quantitative estimate of drug-likeness (QED) is 0.585. The lowest BCUT2D eigenvalue weighted by Gasteiger charge is -2.37. The summed E-state index contributed by atoms with van der Waals surface area (Å²) >= 11 is 0. The van der Waals surface area contributed by atoms with Crippen LogP contribution in [0.3, 0.4) is 0 Å². The lowest BCUT2D eigenvalue weighted by atomic mass is 9.93. The maximum absolute atomic E-state index is 6.10. The van der Waals surface area contributed by atoms with Gasteiger partial charge >= 0.3 is 0 Å². The highest BCUT2D eigenvalue weighted by atomic mass is 16.5. The van der Waals surface area contributed by atoms with Crippen LogP contribution in [-0.2, 0) is 13.2 Å². The van der Waals surface area contributed by atoms with Crippen molar-refractivity contribution in [2.45, 2.75) is 26.0 Å². The second-order valence-electron chi connectivity index (χ2n) is 9.38. The van der Waals surface area contributed by atoms with E-state index < -0.39 is 0 Å². The number of piperazine rings is 1. The van der Waals surface area contributed by atoms with E-state index in [1.54, 1.807) is 7.11 Å². The number of rotatable bonds is 8. The molecule has 0 unspecified atom stereocenters. The summed E-state index contributed by atoms with van der Waals surface area (Å²) < 4.78 is 11.6. The molecule has 31 heavy (non-hydrogen) atoms. The van der Waals surface area contributed by atoms with Crippen molar-refractivity contribution in [3.8, 4) is 11.5 Å². The van der Waals surface area contributed by atoms with Crippen LogP contribution in [0.1, 0.15) is 24.0 Å². The van der Waals surface area contributed by atoms with Crippen LogP contribution < -0.4 is 9.47 Å². The average molecular weight is 419 g/mol. The molecule has 0 amide bonds. The van der Waals surface area contributed by atoms with Crippen LogP contribution in [0.4, 0.5) is 0 Å². The van der Waals surface area contributed by atoms with Crippen LogP contribution in [0.25, 0.3) is 0 Å². The Morgan fingerprint density at radius 2 is 1.65 bits per heavy atom. The number of nitrogens with zero attached hydrogens (tertiary/aromatic N) is 2. The monoisotopic (exact) mass is 418 g/mol. The number of allylic oxidation sites excluding steroid dienone is 2. The lowest BCUT2D eigenvalue weighted by molar-refractivity contribution is 0.108. The molecule has 2 bridgehead atoms. The van der Waals surface area contributed by atoms with Gasteiger partial charge in [0.2, 0.25) is 0 Å². The van der Waals surface area contributed by atoms with E-state index in [9.17, 15) is 0 Å². The van der Waals surface area contributed by atoms with Gasteiger partial charge in [0.05, 0.1) is 7.11 Å². The Morgan fingerprint density at radius 3 is 2.35 bits per heavy atom. The number of fused-ring (bicyclic) bond motifs is 2. The van der Waals surface area contributed by atoms with E-state index in [4.69, 9.17) is 9.47 Å². The Balaban J connectivity index is 1.13. The molecule has 2 aliphatic carbocycles. The predicted molar refractivity (Wildman–Crippen MR) is 124 cm³/mol. The molecule has 1 heterocycles. The van der Waals surface area contributed by atoms with Gasteiger partial charge in [-0.15, -0.1) is 0 Å². The minimum Gasteiger partial charge on any atom is -0.493 e. The maximum Gasteiger partial charge on any atom is 0.161 e. The lowest BCUT2D eigenvalue weighted by Crippen LogP contribution is -2.47. The van der Waals surface area contributed by atoms with E-state index in [1.165, 1.54) is 38.0 Å². The van der Waals surface area contributed by atoms with Gasteiger partial charge in [-0.2, -0.15) is 0 Å². The van der Waals surface area contributed by atoms with Crippen molar-refractivity contribution in [1.29, 1.82) is 0 Å². The van der Waals surface area contributed by atoms with Gasteiger partial charge in [-0.25, -0.2) is 0 Å². The van der Waals surface area contributed by atoms with Crippen LogP contribution in [-0.4, -0.2) is 49.6 Å². The van der Waals surface area contributed by atoms with Gasteiger partial charge in [-0.3, -0.25) is 4.90 Å². The van der Waals surface area contributed by atoms with Gasteiger partial charge in [0.25, 0.3) is 0 Å². The summed E-state index contributed by atoms with van der Waals surface area (Å²) in [4.78, 5) is 5.26. The van der Waals surface area contributed by atoms with Crippen molar-refractivity contribution in [1.82, 2.24) is 9.80 Å². The Kier molecular flexibility index (Phi) is 6.28. The Morgan fingerprint density at radius 1 is 0.839 bits per heavy atom. The van der Waals surface area contributed by atoms with Gasteiger partial charge in [-0.1, -0.05) is 48.6 Å². The molecule has 3 aliphatic rings. The maximum atomic E-state index is 6.10. The Bertz CT molecular complexity index is 889. The van der Waals surface area contributed by atoms with Crippen LogP contribution in [0, 0.1) is 17.8 Å². The second kappa shape index (κ2) is 9.46. The molecule has 4 heteroatoms. The molecule has 0 radical (unpaired) electrons. The van der Waals surface area contributed by atoms with Crippen molar-refractivity contribution in [2.75, 3.05) is 39.8 Å². The van der Waals surface area contributed by atoms with Crippen molar-refractivity contribution in [3.63, 3.8) is 0 Å². The van der Waals surface area contributed by atoms with Crippen LogP contribution >= 0.6 is 0 Å². The van der Waals surface area contributed by atoms with Crippen molar-refractivity contribution in [2.24, 2.45) is 17.8 Å². The number of hydrogen-bond acceptors (Lipinski definition) is 4. The van der Waals surface area contributed by atoms with E-state index in [-0.39, 0.29) is 0 Å². The first kappa shape index (κ1) is 20.6. The summed E-state index contributed by atoms with van der Waals surface area (Å²) in [6.45, 7) is 7.47. The molecule has 0 N–H and O–H groups in total. The van der Waals surface area contributed by atoms with Gasteiger partial charge in [-0.05, 0) is 53.9 Å². The summed E-state index contributed by atoms with van der Waals surface area (Å²) in [7, 11) is 1.70. The summed E-state index contributed by atoms with van der Waals surface area (Å²) in [6.07, 6.45) is 7.76. The SMILES string of the molecule is COc1ccc(CN2CCN(C[C@H]3C[C@@H]4C=C[C@@H]3C4)CC2)cc1OCc1ccccc1. The zero-order chi connectivity index (χ0) is 21.0. The van der Waals surface area contributed by atoms with Gasteiger partial charge < -0.3 is 14.4 Å². The third-order valence-electron chi connectivity index (χ3n) is 7.25. The van der Waals surface area contributed by atoms with Crippen LogP contribution in [0.5, 0.6) is 11.5 Å². The molecule has 2 aromatic rings. The number of hydrogen-bond donors (Lipinski definition) is 0. The molecule has 1 aliphatic heterocycles. The van der Waals surface area contributed by atoms with Crippen LogP contribution in [0.15, 0.2) is 60.7 Å². The summed E-state index contributed by atoms with van der Waals surface area (Å²) in [5, 5.41) is 0. The molecule has 0 aromatic heterocycles. The smallest absolute Gasteiger partial charge is 0.161 e. The van der Waals surface area contributed by atoms with Gasteiger partial charge in [0.15, 0.2) is 11.5 Å². The summed E-state index contributed by atoms with van der Waals surface area (Å²) in [5.41, 5.74) is 2.45. The number of ether oxygens (including phenoxy) is 2. The van der Waals surface area contributed by atoms with E-state index in [1.807, 2.05) is 24.3 Å². The molecule has 164 valence electrons. The number of methoxy groups -OCH3 is 1. The standard InChI is InChI=1S/C27H34N2O2/c1-30-26-10-8-23(17-27(26)31-20-21-5-3-2-4-6-21)18-28-11-13-29(14-12-28)19-25-16-22-7-9-24(25)15-22/h2-10,17,22,24-25H,11-16,18-20H2,1H3/t22-,24-,25-/m1/s1. The molecule has 1 saturated carbocycles.